The average molecular weight is 444 g/mol. The number of anilines is 1. The lowest BCUT2D eigenvalue weighted by atomic mass is 10.2. The van der Waals surface area contributed by atoms with Crippen molar-refractivity contribution in [3.8, 4) is 0 Å². The molecule has 0 radical (unpaired) electrons. The Labute approximate surface area is 176 Å². The zero-order valence-electron chi connectivity index (χ0n) is 15.1. The Morgan fingerprint density at radius 2 is 1.89 bits per heavy atom. The van der Waals surface area contributed by atoms with Crippen molar-refractivity contribution in [3.05, 3.63) is 44.3 Å². The van der Waals surface area contributed by atoms with Crippen molar-refractivity contribution < 1.29 is 14.3 Å². The number of pyridine rings is 1. The maximum Gasteiger partial charge on any atom is 0.338 e. The van der Waals surface area contributed by atoms with Crippen molar-refractivity contribution >= 4 is 52.5 Å². The Balaban J connectivity index is 1.41. The van der Waals surface area contributed by atoms with E-state index in [1.807, 2.05) is 0 Å². The second-order valence-electron chi connectivity index (χ2n) is 7.01. The molecule has 2 N–H and O–H groups in total. The summed E-state index contributed by atoms with van der Waals surface area (Å²) < 4.78 is 4.75. The molecule has 0 aromatic carbocycles. The fourth-order valence-corrected chi connectivity index (χ4v) is 4.38. The van der Waals surface area contributed by atoms with Gasteiger partial charge >= 0.3 is 5.97 Å². The van der Waals surface area contributed by atoms with Crippen LogP contribution in [0.1, 0.15) is 26.5 Å². The van der Waals surface area contributed by atoms with Crippen molar-refractivity contribution in [1.29, 1.82) is 0 Å². The minimum atomic E-state index is -0.461. The van der Waals surface area contributed by atoms with Crippen LogP contribution in [0.3, 0.4) is 0 Å². The van der Waals surface area contributed by atoms with Gasteiger partial charge in [0, 0.05) is 36.7 Å². The van der Waals surface area contributed by atoms with E-state index in [0.29, 0.717) is 47.0 Å². The fraction of sp³-hybridized carbons (Fsp3) is 0.389. The number of carbonyl (C=O) groups is 2. The molecule has 1 aliphatic carbocycles. The number of carbonyl (C=O) groups excluding carboxylic acids is 2. The molecule has 28 heavy (non-hydrogen) atoms. The quantitative estimate of drug-likeness (QED) is 0.559. The summed E-state index contributed by atoms with van der Waals surface area (Å²) in [5.41, 5.74) is 1.30. The lowest BCUT2D eigenvalue weighted by Crippen LogP contribution is -2.35. The predicted molar refractivity (Wildman–Crippen MR) is 107 cm³/mol. The molecule has 148 valence electrons. The number of aromatic amines is 1. The maximum absolute atomic E-state index is 12.5. The normalized spacial score (nSPS) is 22.8. The van der Waals surface area contributed by atoms with Crippen LogP contribution in [-0.2, 0) is 4.74 Å². The molecule has 1 amide bonds. The Morgan fingerprint density at radius 1 is 1.21 bits per heavy atom. The lowest BCUT2D eigenvalue weighted by Gasteiger charge is -2.21. The number of aryl methyl sites for hydroxylation is 1. The highest BCUT2D eigenvalue weighted by Crippen LogP contribution is 2.47. The van der Waals surface area contributed by atoms with Gasteiger partial charge in [-0.15, -0.1) is 0 Å². The maximum atomic E-state index is 12.5. The van der Waals surface area contributed by atoms with Crippen LogP contribution >= 0.6 is 34.8 Å². The first-order chi connectivity index (χ1) is 13.3. The highest BCUT2D eigenvalue weighted by Gasteiger charge is 2.57. The number of methoxy groups -OCH3 is 1. The predicted octanol–water partition coefficient (Wildman–Crippen LogP) is 3.33. The molecule has 2 fully saturated rings. The van der Waals surface area contributed by atoms with Crippen molar-refractivity contribution in [1.82, 2.24) is 15.3 Å². The molecular formula is C18H17Cl3N4O3. The van der Waals surface area contributed by atoms with E-state index >= 15 is 0 Å². The zero-order valence-corrected chi connectivity index (χ0v) is 17.3. The van der Waals surface area contributed by atoms with Crippen LogP contribution in [0.25, 0.3) is 0 Å². The number of hydrogen-bond donors (Lipinski definition) is 2. The molecule has 3 heterocycles. The van der Waals surface area contributed by atoms with E-state index in [-0.39, 0.29) is 27.8 Å². The first-order valence-corrected chi connectivity index (χ1v) is 9.78. The van der Waals surface area contributed by atoms with E-state index in [1.165, 1.54) is 13.2 Å². The van der Waals surface area contributed by atoms with Gasteiger partial charge in [0.1, 0.15) is 16.7 Å². The number of nitrogens with one attached hydrogen (secondary N) is 2. The first-order valence-electron chi connectivity index (χ1n) is 8.65. The van der Waals surface area contributed by atoms with Crippen LogP contribution < -0.4 is 10.2 Å². The van der Waals surface area contributed by atoms with Crippen LogP contribution in [0.4, 0.5) is 5.82 Å². The monoisotopic (exact) mass is 442 g/mol. The second-order valence-corrected chi connectivity index (χ2v) is 8.16. The van der Waals surface area contributed by atoms with Crippen LogP contribution in [0, 0.1) is 18.8 Å². The van der Waals surface area contributed by atoms with Gasteiger partial charge in [-0.3, -0.25) is 4.79 Å². The molecule has 7 nitrogen and oxygen atoms in total. The van der Waals surface area contributed by atoms with Gasteiger partial charge in [-0.25, -0.2) is 9.78 Å². The molecule has 1 aliphatic heterocycles. The van der Waals surface area contributed by atoms with Crippen LogP contribution in [0.2, 0.25) is 15.2 Å². The SMILES string of the molecule is COC(=O)c1cc(Cl)nc(N2C[C@@H]3[C@H](C2)[C@@H]3NC(=O)c2[nH]c(C)c(Cl)c2Cl)c1. The highest BCUT2D eigenvalue weighted by molar-refractivity contribution is 6.44. The highest BCUT2D eigenvalue weighted by atomic mass is 35.5. The van der Waals surface area contributed by atoms with Crippen molar-refractivity contribution in [2.24, 2.45) is 11.8 Å². The number of ether oxygens (including phenoxy) is 1. The van der Waals surface area contributed by atoms with Gasteiger partial charge < -0.3 is 19.9 Å². The van der Waals surface area contributed by atoms with Gasteiger partial charge in [0.05, 0.1) is 22.7 Å². The van der Waals surface area contributed by atoms with E-state index in [2.05, 4.69) is 20.2 Å². The zero-order chi connectivity index (χ0) is 20.2. The third-order valence-electron chi connectivity index (χ3n) is 5.30. The number of amides is 1. The number of nitrogens with zero attached hydrogens (tertiary/aromatic N) is 2. The van der Waals surface area contributed by atoms with Crippen molar-refractivity contribution in [3.63, 3.8) is 0 Å². The molecule has 10 heteroatoms. The minimum Gasteiger partial charge on any atom is -0.465 e. The number of aromatic nitrogens is 2. The molecular weight excluding hydrogens is 427 g/mol. The van der Waals surface area contributed by atoms with E-state index in [4.69, 9.17) is 39.5 Å². The summed E-state index contributed by atoms with van der Waals surface area (Å²) in [6.45, 7) is 3.18. The minimum absolute atomic E-state index is 0.0708. The van der Waals surface area contributed by atoms with Gasteiger partial charge in [0.15, 0.2) is 0 Å². The molecule has 2 aromatic rings. The van der Waals surface area contributed by atoms with Crippen molar-refractivity contribution in [2.75, 3.05) is 25.1 Å². The Hall–Kier alpha value is -1.96. The summed E-state index contributed by atoms with van der Waals surface area (Å²) >= 11 is 18.2. The number of hydrogen-bond acceptors (Lipinski definition) is 5. The van der Waals surface area contributed by atoms with Gasteiger partial charge in [0.25, 0.3) is 5.91 Å². The molecule has 0 bridgehead atoms. The summed E-state index contributed by atoms with van der Waals surface area (Å²) in [7, 11) is 1.32. The van der Waals surface area contributed by atoms with Crippen molar-refractivity contribution in [2.45, 2.75) is 13.0 Å². The third kappa shape index (κ3) is 3.32. The molecule has 0 unspecified atom stereocenters. The third-order valence-corrected chi connectivity index (χ3v) is 6.44. The summed E-state index contributed by atoms with van der Waals surface area (Å²) in [4.78, 5) is 33.5. The number of halogens is 3. The summed E-state index contributed by atoms with van der Waals surface area (Å²) in [5, 5.41) is 3.85. The van der Waals surface area contributed by atoms with Gasteiger partial charge in [0.2, 0.25) is 0 Å². The number of H-pyrrole nitrogens is 1. The summed E-state index contributed by atoms with van der Waals surface area (Å²) in [6.07, 6.45) is 0. The van der Waals surface area contributed by atoms with Gasteiger partial charge in [-0.2, -0.15) is 0 Å². The Bertz CT molecular complexity index is 965. The molecule has 2 aliphatic rings. The molecule has 0 spiro atoms. The van der Waals surface area contributed by atoms with Gasteiger partial charge in [-0.1, -0.05) is 34.8 Å². The van der Waals surface area contributed by atoms with Gasteiger partial charge in [-0.05, 0) is 19.1 Å². The number of esters is 1. The average Bonchev–Trinajstić information content (AvgIpc) is 3.01. The standard InChI is InChI=1S/C18H17Cl3N4O3/c1-7-13(20)14(21)16(22-7)17(26)24-15-9-5-25(6-10(9)15)12-4-8(18(27)28-2)3-11(19)23-12/h3-4,9-10,15,22H,5-6H2,1-2H3,(H,24,26)/t9-,10+,15-. The largest absolute Gasteiger partial charge is 0.465 e. The Kier molecular flexibility index (Phi) is 4.93. The molecule has 2 aromatic heterocycles. The Morgan fingerprint density at radius 3 is 2.46 bits per heavy atom. The topological polar surface area (TPSA) is 87.3 Å². The number of rotatable bonds is 4. The first kappa shape index (κ1) is 19.4. The summed E-state index contributed by atoms with van der Waals surface area (Å²) in [6, 6.07) is 3.21. The van der Waals surface area contributed by atoms with E-state index in [9.17, 15) is 9.59 Å². The van der Waals surface area contributed by atoms with Crippen LogP contribution in [-0.4, -0.2) is 48.1 Å². The molecule has 3 atom stereocenters. The van der Waals surface area contributed by atoms with Crippen LogP contribution in [0.15, 0.2) is 12.1 Å². The molecule has 1 saturated carbocycles. The molecule has 4 rings (SSSR count). The number of piperidine rings is 1. The fourth-order valence-electron chi connectivity index (χ4n) is 3.76. The number of fused-ring (bicyclic) bond motifs is 1. The van der Waals surface area contributed by atoms with E-state index < -0.39 is 5.97 Å². The second kappa shape index (κ2) is 7.13. The van der Waals surface area contributed by atoms with E-state index in [1.54, 1.807) is 13.0 Å². The van der Waals surface area contributed by atoms with Crippen LogP contribution in [0.5, 0.6) is 0 Å². The molecule has 1 saturated heterocycles. The smallest absolute Gasteiger partial charge is 0.338 e. The lowest BCUT2D eigenvalue weighted by molar-refractivity contribution is 0.0600. The van der Waals surface area contributed by atoms with E-state index in [0.717, 1.165) is 0 Å². The summed E-state index contributed by atoms with van der Waals surface area (Å²) in [5.74, 6) is 0.505.